The van der Waals surface area contributed by atoms with Crippen LogP contribution in [0.2, 0.25) is 0 Å². The molecular weight excluding hydrogens is 400 g/mol. The second kappa shape index (κ2) is 9.12. The molecule has 156 valence electrons. The molecule has 0 bridgehead atoms. The van der Waals surface area contributed by atoms with Crippen molar-refractivity contribution in [3.63, 3.8) is 0 Å². The van der Waals surface area contributed by atoms with E-state index >= 15 is 0 Å². The van der Waals surface area contributed by atoms with E-state index in [9.17, 15) is 28.4 Å². The lowest BCUT2D eigenvalue weighted by molar-refractivity contribution is -0.384. The van der Waals surface area contributed by atoms with Gasteiger partial charge in [0, 0.05) is 25.7 Å². The van der Waals surface area contributed by atoms with Gasteiger partial charge in [-0.1, -0.05) is 17.7 Å². The third kappa shape index (κ3) is 5.17. The fourth-order valence-electron chi connectivity index (χ4n) is 2.75. The number of aliphatic hydroxyl groups is 1. The van der Waals surface area contributed by atoms with Gasteiger partial charge in [0.1, 0.15) is 5.92 Å². The maximum absolute atomic E-state index is 12.8. The molecule has 0 spiro atoms. The van der Waals surface area contributed by atoms with E-state index in [2.05, 4.69) is 0 Å². The minimum atomic E-state index is -3.90. The van der Waals surface area contributed by atoms with E-state index in [4.69, 9.17) is 4.74 Å². The van der Waals surface area contributed by atoms with Crippen LogP contribution in [0.4, 0.5) is 5.69 Å². The summed E-state index contributed by atoms with van der Waals surface area (Å²) in [6.07, 6.45) is -1.42. The molecule has 0 unspecified atom stereocenters. The average molecular weight is 422 g/mol. The maximum atomic E-state index is 12.8. The molecule has 29 heavy (non-hydrogen) atoms. The van der Waals surface area contributed by atoms with Gasteiger partial charge in [0.2, 0.25) is 10.0 Å². The zero-order valence-corrected chi connectivity index (χ0v) is 17.0. The van der Waals surface area contributed by atoms with Crippen LogP contribution < -0.4 is 0 Å². The maximum Gasteiger partial charge on any atom is 0.313 e. The van der Waals surface area contributed by atoms with Crippen molar-refractivity contribution in [1.29, 1.82) is 0 Å². The van der Waals surface area contributed by atoms with Crippen molar-refractivity contribution >= 4 is 21.7 Å². The molecule has 2 aromatic rings. The van der Waals surface area contributed by atoms with Crippen LogP contribution in [0.25, 0.3) is 0 Å². The number of benzene rings is 2. The minimum absolute atomic E-state index is 0.0547. The highest BCUT2D eigenvalue weighted by Gasteiger charge is 2.34. The van der Waals surface area contributed by atoms with Gasteiger partial charge in [0.25, 0.3) is 5.69 Å². The first kappa shape index (κ1) is 22.5. The molecule has 0 fully saturated rings. The van der Waals surface area contributed by atoms with Crippen LogP contribution >= 0.6 is 0 Å². The van der Waals surface area contributed by atoms with Gasteiger partial charge in [-0.3, -0.25) is 14.9 Å². The van der Waals surface area contributed by atoms with E-state index in [0.717, 1.165) is 17.0 Å². The monoisotopic (exact) mass is 422 g/mol. The summed E-state index contributed by atoms with van der Waals surface area (Å²) >= 11 is 0. The Hall–Kier alpha value is -2.82. The van der Waals surface area contributed by atoms with E-state index in [1.807, 2.05) is 6.92 Å². The van der Waals surface area contributed by atoms with Crippen molar-refractivity contribution in [3.8, 4) is 0 Å². The Balaban J connectivity index is 2.28. The summed E-state index contributed by atoms with van der Waals surface area (Å²) in [7, 11) is -1.47. The smallest absolute Gasteiger partial charge is 0.313 e. The number of ether oxygens (including phenoxy) is 1. The number of nitrogens with zero attached hydrogens (tertiary/aromatic N) is 2. The number of non-ortho nitro benzene ring substituents is 1. The largest absolute Gasteiger partial charge is 0.469 e. The quantitative estimate of drug-likeness (QED) is 0.392. The first-order chi connectivity index (χ1) is 13.6. The Bertz CT molecular complexity index is 973. The molecular formula is C19H22N2O7S. The zero-order valence-electron chi connectivity index (χ0n) is 16.2. The minimum Gasteiger partial charge on any atom is -0.469 e. The summed E-state index contributed by atoms with van der Waals surface area (Å²) in [5.74, 6) is -2.03. The first-order valence-corrected chi connectivity index (χ1v) is 10.0. The molecule has 0 heterocycles. The van der Waals surface area contributed by atoms with Crippen LogP contribution in [0.1, 0.15) is 17.2 Å². The van der Waals surface area contributed by atoms with Gasteiger partial charge < -0.3 is 9.84 Å². The summed E-state index contributed by atoms with van der Waals surface area (Å²) < 4.78 is 31.3. The molecule has 0 saturated heterocycles. The molecule has 2 rings (SSSR count). The van der Waals surface area contributed by atoms with Gasteiger partial charge in [-0.15, -0.1) is 0 Å². The van der Waals surface area contributed by atoms with Crippen LogP contribution in [0.3, 0.4) is 0 Å². The molecule has 1 N–H and O–H groups in total. The second-order valence-corrected chi connectivity index (χ2v) is 8.57. The third-order valence-electron chi connectivity index (χ3n) is 4.51. The fraction of sp³-hybridized carbons (Fsp3) is 0.316. The molecule has 2 atom stereocenters. The van der Waals surface area contributed by atoms with Crippen LogP contribution in [-0.4, -0.2) is 49.4 Å². The predicted octanol–water partition coefficient (Wildman–Crippen LogP) is 2.05. The van der Waals surface area contributed by atoms with Gasteiger partial charge in [-0.2, -0.15) is 4.31 Å². The van der Waals surface area contributed by atoms with Crippen molar-refractivity contribution in [2.24, 2.45) is 5.92 Å². The molecule has 10 heteroatoms. The lowest BCUT2D eigenvalue weighted by atomic mass is 9.95. The Morgan fingerprint density at radius 3 is 2.21 bits per heavy atom. The number of carbonyl (C=O) groups excluding carboxylic acids is 1. The van der Waals surface area contributed by atoms with Crippen molar-refractivity contribution in [2.45, 2.75) is 17.9 Å². The fourth-order valence-corrected chi connectivity index (χ4v) is 3.94. The van der Waals surface area contributed by atoms with E-state index in [1.165, 1.54) is 43.4 Å². The average Bonchev–Trinajstić information content (AvgIpc) is 2.71. The number of nitro groups is 1. The van der Waals surface area contributed by atoms with Crippen molar-refractivity contribution < 1.29 is 28.0 Å². The number of aryl methyl sites for hydroxylation is 1. The number of aliphatic hydroxyl groups excluding tert-OH is 1. The van der Waals surface area contributed by atoms with Gasteiger partial charge in [-0.25, -0.2) is 8.42 Å². The first-order valence-electron chi connectivity index (χ1n) is 8.61. The number of carbonyl (C=O) groups is 1. The summed E-state index contributed by atoms with van der Waals surface area (Å²) in [6, 6.07) is 11.2. The molecule has 0 aromatic heterocycles. The molecule has 0 saturated carbocycles. The number of esters is 1. The van der Waals surface area contributed by atoms with Crippen molar-refractivity contribution in [3.05, 3.63) is 69.8 Å². The normalized spacial score (nSPS) is 13.7. The van der Waals surface area contributed by atoms with Gasteiger partial charge in [-0.05, 0) is 36.8 Å². The van der Waals surface area contributed by atoms with Gasteiger partial charge >= 0.3 is 5.97 Å². The number of methoxy groups -OCH3 is 1. The number of nitro benzene ring substituents is 1. The summed E-state index contributed by atoms with van der Waals surface area (Å²) in [4.78, 5) is 22.5. The van der Waals surface area contributed by atoms with Crippen molar-refractivity contribution in [2.75, 3.05) is 20.7 Å². The van der Waals surface area contributed by atoms with Crippen LogP contribution in [-0.2, 0) is 19.6 Å². The van der Waals surface area contributed by atoms with Gasteiger partial charge in [0.15, 0.2) is 0 Å². The molecule has 0 aliphatic heterocycles. The Kier molecular flexibility index (Phi) is 7.07. The van der Waals surface area contributed by atoms with Crippen LogP contribution in [0.15, 0.2) is 53.4 Å². The van der Waals surface area contributed by atoms with Crippen LogP contribution in [0, 0.1) is 23.0 Å². The van der Waals surface area contributed by atoms with E-state index in [1.54, 1.807) is 12.1 Å². The Morgan fingerprint density at radius 1 is 1.17 bits per heavy atom. The highest BCUT2D eigenvalue weighted by Crippen LogP contribution is 2.27. The third-order valence-corrected chi connectivity index (χ3v) is 6.35. The van der Waals surface area contributed by atoms with Gasteiger partial charge in [0.05, 0.1) is 23.0 Å². The molecule has 0 aliphatic carbocycles. The summed E-state index contributed by atoms with van der Waals surface area (Å²) in [5, 5.41) is 21.4. The molecule has 0 radical (unpaired) electrons. The predicted molar refractivity (Wildman–Crippen MR) is 105 cm³/mol. The summed E-state index contributed by atoms with van der Waals surface area (Å²) in [5.41, 5.74) is 0.953. The van der Waals surface area contributed by atoms with Crippen molar-refractivity contribution in [1.82, 2.24) is 4.31 Å². The Morgan fingerprint density at radius 2 is 1.72 bits per heavy atom. The topological polar surface area (TPSA) is 127 Å². The molecule has 0 aliphatic rings. The lowest BCUT2D eigenvalue weighted by Gasteiger charge is -2.26. The number of hydrogen-bond donors (Lipinski definition) is 1. The highest BCUT2D eigenvalue weighted by molar-refractivity contribution is 7.89. The van der Waals surface area contributed by atoms with E-state index < -0.39 is 32.9 Å². The lowest BCUT2D eigenvalue weighted by Crippen LogP contribution is -2.38. The number of sulfonamides is 1. The summed E-state index contributed by atoms with van der Waals surface area (Å²) in [6.45, 7) is 1.48. The Labute approximate surface area is 168 Å². The molecule has 0 amide bonds. The highest BCUT2D eigenvalue weighted by atomic mass is 32.2. The molecule has 9 nitrogen and oxygen atoms in total. The standard InChI is InChI=1S/C19H22N2O7S/c1-13-4-10-16(11-5-13)29(26,27)20(2)12-17(19(23)28-3)18(22)14-6-8-15(9-7-14)21(24)25/h4-11,17-18,22H,12H2,1-3H3/t17-,18-/m0/s1. The SMILES string of the molecule is COC(=O)[C@@H](CN(C)S(=O)(=O)c1ccc(C)cc1)[C@@H](O)c1ccc([N+](=O)[O-])cc1. The van der Waals surface area contributed by atoms with Crippen LogP contribution in [0.5, 0.6) is 0 Å². The number of hydrogen-bond acceptors (Lipinski definition) is 7. The molecule has 2 aromatic carbocycles. The van der Waals surface area contributed by atoms with E-state index in [0.29, 0.717) is 0 Å². The number of rotatable bonds is 8. The van der Waals surface area contributed by atoms with E-state index in [-0.39, 0.29) is 22.7 Å². The second-order valence-electron chi connectivity index (χ2n) is 6.52. The zero-order chi connectivity index (χ0) is 21.8.